The molecule has 3 rings (SSSR count). The zero-order valence-electron chi connectivity index (χ0n) is 9.74. The van der Waals surface area contributed by atoms with Crippen LogP contribution in [-0.4, -0.2) is 36.0 Å². The van der Waals surface area contributed by atoms with Crippen LogP contribution in [0.25, 0.3) is 0 Å². The van der Waals surface area contributed by atoms with E-state index in [0.717, 1.165) is 37.7 Å². The lowest BCUT2D eigenvalue weighted by Crippen LogP contribution is -2.61. The summed E-state index contributed by atoms with van der Waals surface area (Å²) in [5.74, 6) is 1.09. The smallest absolute Gasteiger partial charge is 0.150 e. The van der Waals surface area contributed by atoms with Crippen molar-refractivity contribution in [1.29, 1.82) is 0 Å². The molecular weight excluding hydrogens is 202 g/mol. The molecule has 0 amide bonds. The summed E-state index contributed by atoms with van der Waals surface area (Å²) in [5.41, 5.74) is 7.27. The first kappa shape index (κ1) is 9.96. The maximum Gasteiger partial charge on any atom is 0.150 e. The summed E-state index contributed by atoms with van der Waals surface area (Å²) in [6.45, 7) is 4.53. The average molecular weight is 221 g/mol. The Morgan fingerprint density at radius 1 is 1.50 bits per heavy atom. The van der Waals surface area contributed by atoms with Gasteiger partial charge in [0.15, 0.2) is 0 Å². The van der Waals surface area contributed by atoms with Gasteiger partial charge in [-0.2, -0.15) is 5.10 Å². The molecular formula is C11H19N5. The van der Waals surface area contributed by atoms with Crippen LogP contribution in [-0.2, 0) is 7.05 Å². The second kappa shape index (κ2) is 3.38. The topological polar surface area (TPSA) is 59.1 Å². The van der Waals surface area contributed by atoms with E-state index in [1.54, 1.807) is 6.20 Å². The second-order valence-corrected chi connectivity index (χ2v) is 5.18. The molecule has 1 aromatic heterocycles. The van der Waals surface area contributed by atoms with Crippen LogP contribution in [0.4, 0.5) is 11.5 Å². The third-order valence-electron chi connectivity index (χ3n) is 3.90. The lowest BCUT2D eigenvalue weighted by atomic mass is 9.75. The van der Waals surface area contributed by atoms with Crippen molar-refractivity contribution in [2.24, 2.45) is 12.5 Å². The van der Waals surface area contributed by atoms with Crippen molar-refractivity contribution in [2.75, 3.05) is 36.8 Å². The number of anilines is 2. The van der Waals surface area contributed by atoms with Crippen molar-refractivity contribution >= 4 is 11.5 Å². The van der Waals surface area contributed by atoms with Crippen molar-refractivity contribution in [1.82, 2.24) is 15.1 Å². The molecule has 5 nitrogen and oxygen atoms in total. The number of nitrogens with zero attached hydrogens (tertiary/aromatic N) is 3. The van der Waals surface area contributed by atoms with Crippen LogP contribution in [0.15, 0.2) is 6.20 Å². The Balaban J connectivity index is 1.84. The zero-order valence-corrected chi connectivity index (χ0v) is 9.74. The van der Waals surface area contributed by atoms with Crippen molar-refractivity contribution in [3.8, 4) is 0 Å². The number of aromatic nitrogens is 2. The molecule has 2 aliphatic heterocycles. The maximum atomic E-state index is 5.98. The number of rotatable bonds is 1. The fourth-order valence-corrected chi connectivity index (χ4v) is 2.99. The minimum absolute atomic E-state index is 0.495. The van der Waals surface area contributed by atoms with Gasteiger partial charge in [-0.25, -0.2) is 0 Å². The second-order valence-electron chi connectivity index (χ2n) is 5.18. The third-order valence-corrected chi connectivity index (χ3v) is 3.90. The van der Waals surface area contributed by atoms with Gasteiger partial charge in [0.25, 0.3) is 0 Å². The van der Waals surface area contributed by atoms with Gasteiger partial charge in [-0.3, -0.25) is 4.68 Å². The number of nitrogens with two attached hydrogens (primary N) is 1. The van der Waals surface area contributed by atoms with E-state index in [9.17, 15) is 0 Å². The van der Waals surface area contributed by atoms with Crippen molar-refractivity contribution < 1.29 is 0 Å². The van der Waals surface area contributed by atoms with Crippen LogP contribution >= 0.6 is 0 Å². The molecule has 0 radical (unpaired) electrons. The Kier molecular flexibility index (Phi) is 2.10. The molecule has 0 aromatic carbocycles. The monoisotopic (exact) mass is 221 g/mol. The molecule has 0 bridgehead atoms. The number of hydrogen-bond donors (Lipinski definition) is 2. The molecule has 0 atom stereocenters. The van der Waals surface area contributed by atoms with E-state index < -0.39 is 0 Å². The van der Waals surface area contributed by atoms with Crippen LogP contribution in [0.3, 0.4) is 0 Å². The largest absolute Gasteiger partial charge is 0.394 e. The Morgan fingerprint density at radius 2 is 2.31 bits per heavy atom. The summed E-state index contributed by atoms with van der Waals surface area (Å²) >= 11 is 0. The van der Waals surface area contributed by atoms with Crippen LogP contribution in [0.1, 0.15) is 12.8 Å². The Morgan fingerprint density at radius 3 is 2.88 bits per heavy atom. The summed E-state index contributed by atoms with van der Waals surface area (Å²) in [4.78, 5) is 2.40. The highest BCUT2D eigenvalue weighted by molar-refractivity contribution is 5.62. The quantitative estimate of drug-likeness (QED) is 0.711. The standard InChI is InChI=1S/C11H19N5/c1-15-10(9(12)5-14-15)16-4-2-3-11(8-16)6-13-7-11/h5,13H,2-4,6-8,12H2,1H3. The van der Waals surface area contributed by atoms with E-state index >= 15 is 0 Å². The van der Waals surface area contributed by atoms with Gasteiger partial charge in [0.1, 0.15) is 5.82 Å². The number of piperidine rings is 1. The van der Waals surface area contributed by atoms with Crippen molar-refractivity contribution in [2.45, 2.75) is 12.8 Å². The Hall–Kier alpha value is -1.23. The fraction of sp³-hybridized carbons (Fsp3) is 0.727. The molecule has 3 N–H and O–H groups in total. The highest BCUT2D eigenvalue weighted by Crippen LogP contribution is 2.36. The maximum absolute atomic E-state index is 5.98. The first-order valence-electron chi connectivity index (χ1n) is 5.93. The number of hydrogen-bond acceptors (Lipinski definition) is 4. The molecule has 2 saturated heterocycles. The predicted octanol–water partition coefficient (Wildman–Crippen LogP) is 0.192. The lowest BCUT2D eigenvalue weighted by Gasteiger charge is -2.49. The van der Waals surface area contributed by atoms with Gasteiger partial charge in [-0.05, 0) is 12.8 Å². The number of nitrogens with one attached hydrogen (secondary N) is 1. The van der Waals surface area contributed by atoms with Gasteiger partial charge in [-0.1, -0.05) is 0 Å². The Labute approximate surface area is 95.6 Å². The van der Waals surface area contributed by atoms with Gasteiger partial charge in [0, 0.05) is 38.6 Å². The van der Waals surface area contributed by atoms with Gasteiger partial charge >= 0.3 is 0 Å². The van der Waals surface area contributed by atoms with Crippen molar-refractivity contribution in [3.05, 3.63) is 6.20 Å². The van der Waals surface area contributed by atoms with E-state index in [1.165, 1.54) is 12.8 Å². The van der Waals surface area contributed by atoms with Gasteiger partial charge < -0.3 is 16.0 Å². The summed E-state index contributed by atoms with van der Waals surface area (Å²) in [5, 5.41) is 7.60. The van der Waals surface area contributed by atoms with Crippen LogP contribution < -0.4 is 16.0 Å². The third kappa shape index (κ3) is 1.38. The zero-order chi connectivity index (χ0) is 11.2. The van der Waals surface area contributed by atoms with Crippen LogP contribution in [0.5, 0.6) is 0 Å². The minimum atomic E-state index is 0.495. The lowest BCUT2D eigenvalue weighted by molar-refractivity contribution is 0.137. The number of nitrogen functional groups attached to an aromatic ring is 1. The molecule has 3 heterocycles. The van der Waals surface area contributed by atoms with Gasteiger partial charge in [0.05, 0.1) is 11.9 Å². The van der Waals surface area contributed by atoms with Crippen LogP contribution in [0, 0.1) is 5.41 Å². The normalized spacial score (nSPS) is 23.4. The summed E-state index contributed by atoms with van der Waals surface area (Å²) < 4.78 is 1.89. The molecule has 16 heavy (non-hydrogen) atoms. The number of aryl methyl sites for hydroxylation is 1. The van der Waals surface area contributed by atoms with E-state index in [-0.39, 0.29) is 0 Å². The Bertz CT molecular complexity index is 374. The fourth-order valence-electron chi connectivity index (χ4n) is 2.99. The first-order valence-corrected chi connectivity index (χ1v) is 5.93. The average Bonchev–Trinajstić information content (AvgIpc) is 2.57. The van der Waals surface area contributed by atoms with Crippen molar-refractivity contribution in [3.63, 3.8) is 0 Å². The van der Waals surface area contributed by atoms with Gasteiger partial charge in [-0.15, -0.1) is 0 Å². The van der Waals surface area contributed by atoms with Gasteiger partial charge in [0.2, 0.25) is 0 Å². The minimum Gasteiger partial charge on any atom is -0.394 e. The summed E-state index contributed by atoms with van der Waals surface area (Å²) in [6, 6.07) is 0. The van der Waals surface area contributed by atoms with E-state index in [0.29, 0.717) is 5.41 Å². The molecule has 2 fully saturated rings. The molecule has 0 saturated carbocycles. The molecule has 1 aromatic rings. The summed E-state index contributed by atoms with van der Waals surface area (Å²) in [6.07, 6.45) is 4.34. The predicted molar refractivity (Wildman–Crippen MR) is 64.4 cm³/mol. The van der Waals surface area contributed by atoms with E-state index in [2.05, 4.69) is 15.3 Å². The van der Waals surface area contributed by atoms with E-state index in [4.69, 9.17) is 5.73 Å². The first-order chi connectivity index (χ1) is 7.70. The van der Waals surface area contributed by atoms with Crippen LogP contribution in [0.2, 0.25) is 0 Å². The molecule has 0 unspecified atom stereocenters. The molecule has 0 aliphatic carbocycles. The molecule has 5 heteroatoms. The molecule has 1 spiro atoms. The summed E-state index contributed by atoms with van der Waals surface area (Å²) in [7, 11) is 1.96. The molecule has 2 aliphatic rings. The highest BCUT2D eigenvalue weighted by atomic mass is 15.4. The SMILES string of the molecule is Cn1ncc(N)c1N1CCCC2(CNC2)C1. The highest BCUT2D eigenvalue weighted by Gasteiger charge is 2.41. The molecule has 88 valence electrons. The van der Waals surface area contributed by atoms with E-state index in [1.807, 2.05) is 11.7 Å².